The van der Waals surface area contributed by atoms with Crippen LogP contribution in [0.3, 0.4) is 0 Å². The number of carbonyl (C=O) groups excluding carboxylic acids is 1. The van der Waals surface area contributed by atoms with Crippen molar-refractivity contribution in [3.05, 3.63) is 50.7 Å². The molecule has 1 aliphatic carbocycles. The SMILES string of the molecule is CC1=[C]C2=C(Cl)C(O)=C(C(=O)c3csc(O)c3)CC2=N1. The van der Waals surface area contributed by atoms with Gasteiger partial charge >= 0.3 is 0 Å². The maximum atomic E-state index is 12.4. The predicted octanol–water partition coefficient (Wildman–Crippen LogP) is 3.51. The summed E-state index contributed by atoms with van der Waals surface area (Å²) in [5.41, 5.74) is 2.36. The minimum atomic E-state index is -0.358. The highest BCUT2D eigenvalue weighted by Gasteiger charge is 2.31. The van der Waals surface area contributed by atoms with Gasteiger partial charge in [-0.15, -0.1) is 11.3 Å². The summed E-state index contributed by atoms with van der Waals surface area (Å²) >= 11 is 7.14. The predicted molar refractivity (Wildman–Crippen MR) is 77.3 cm³/mol. The number of rotatable bonds is 2. The largest absolute Gasteiger partial charge is 0.506 e. The number of aliphatic hydroxyl groups is 1. The van der Waals surface area contributed by atoms with Crippen molar-refractivity contribution in [3.8, 4) is 5.06 Å². The van der Waals surface area contributed by atoms with Crippen LogP contribution in [0.1, 0.15) is 23.7 Å². The number of aromatic hydroxyl groups is 1. The van der Waals surface area contributed by atoms with Crippen LogP contribution in [0, 0.1) is 6.08 Å². The van der Waals surface area contributed by atoms with Gasteiger partial charge in [-0.2, -0.15) is 0 Å². The summed E-state index contributed by atoms with van der Waals surface area (Å²) in [6.45, 7) is 1.78. The smallest absolute Gasteiger partial charge is 0.194 e. The maximum absolute atomic E-state index is 12.4. The number of hydrogen-bond acceptors (Lipinski definition) is 5. The van der Waals surface area contributed by atoms with Gasteiger partial charge in [-0.05, 0) is 6.92 Å². The molecule has 2 N–H and O–H groups in total. The second kappa shape index (κ2) is 4.61. The maximum Gasteiger partial charge on any atom is 0.194 e. The lowest BCUT2D eigenvalue weighted by Gasteiger charge is -2.16. The number of ketones is 1. The average molecular weight is 307 g/mol. The molecule has 0 amide bonds. The Morgan fingerprint density at radius 1 is 1.50 bits per heavy atom. The van der Waals surface area contributed by atoms with E-state index < -0.39 is 0 Å². The van der Waals surface area contributed by atoms with E-state index in [9.17, 15) is 15.0 Å². The summed E-state index contributed by atoms with van der Waals surface area (Å²) in [7, 11) is 0. The molecule has 4 nitrogen and oxygen atoms in total. The van der Waals surface area contributed by atoms with Gasteiger partial charge in [0.1, 0.15) is 5.76 Å². The Bertz CT molecular complexity index is 752. The Morgan fingerprint density at radius 2 is 2.25 bits per heavy atom. The molecule has 0 aromatic carbocycles. The summed E-state index contributed by atoms with van der Waals surface area (Å²) in [5.74, 6) is -0.595. The fraction of sp³-hybridized carbons (Fsp3) is 0.143. The molecule has 0 unspecified atom stereocenters. The van der Waals surface area contributed by atoms with E-state index in [-0.39, 0.29) is 33.6 Å². The number of nitrogens with zero attached hydrogens (tertiary/aromatic N) is 1. The quantitative estimate of drug-likeness (QED) is 0.821. The molecular formula is C14H9ClNO3S. The molecule has 3 rings (SSSR count). The highest BCUT2D eigenvalue weighted by Crippen LogP contribution is 2.36. The number of aliphatic imine (C=N–C) groups is 1. The van der Waals surface area contributed by atoms with E-state index in [1.165, 1.54) is 11.4 Å². The first kappa shape index (κ1) is 13.1. The lowest BCUT2D eigenvalue weighted by atomic mass is 9.91. The Kier molecular flexibility index (Phi) is 3.03. The molecule has 20 heavy (non-hydrogen) atoms. The molecule has 0 atom stereocenters. The minimum absolute atomic E-state index is 0.0515. The van der Waals surface area contributed by atoms with Crippen LogP contribution >= 0.6 is 22.9 Å². The van der Waals surface area contributed by atoms with E-state index in [0.717, 1.165) is 11.3 Å². The van der Waals surface area contributed by atoms with Gasteiger partial charge in [-0.1, -0.05) is 11.6 Å². The molecule has 0 saturated carbocycles. The molecular weight excluding hydrogens is 298 g/mol. The Balaban J connectivity index is 2.04. The van der Waals surface area contributed by atoms with Crippen LogP contribution in [-0.2, 0) is 0 Å². The van der Waals surface area contributed by atoms with E-state index in [0.29, 0.717) is 22.5 Å². The van der Waals surface area contributed by atoms with E-state index in [1.54, 1.807) is 6.92 Å². The summed E-state index contributed by atoms with van der Waals surface area (Å²) < 4.78 is 0. The van der Waals surface area contributed by atoms with Crippen LogP contribution in [0.5, 0.6) is 5.06 Å². The summed E-state index contributed by atoms with van der Waals surface area (Å²) in [6.07, 6.45) is 3.16. The van der Waals surface area contributed by atoms with E-state index >= 15 is 0 Å². The van der Waals surface area contributed by atoms with Crippen LogP contribution in [0.15, 0.2) is 44.1 Å². The number of halogens is 1. The van der Waals surface area contributed by atoms with E-state index in [2.05, 4.69) is 11.1 Å². The molecule has 2 heterocycles. The lowest BCUT2D eigenvalue weighted by Crippen LogP contribution is -2.17. The normalized spacial score (nSPS) is 18.1. The van der Waals surface area contributed by atoms with E-state index in [1.807, 2.05) is 0 Å². The highest BCUT2D eigenvalue weighted by molar-refractivity contribution is 7.12. The van der Waals surface area contributed by atoms with Crippen molar-refractivity contribution in [2.24, 2.45) is 4.99 Å². The molecule has 2 aliphatic rings. The third kappa shape index (κ3) is 1.99. The molecule has 101 valence electrons. The van der Waals surface area contributed by atoms with Gasteiger partial charge in [0.15, 0.2) is 10.8 Å². The van der Waals surface area contributed by atoms with Crippen LogP contribution in [0.4, 0.5) is 0 Å². The molecule has 6 heteroatoms. The Morgan fingerprint density at radius 3 is 2.90 bits per heavy atom. The number of Topliss-reactive ketones (excluding diaryl/α,β-unsaturated/α-hetero) is 1. The van der Waals surface area contributed by atoms with Gasteiger partial charge in [-0.3, -0.25) is 9.79 Å². The third-order valence-corrected chi connectivity index (χ3v) is 4.18. The zero-order valence-electron chi connectivity index (χ0n) is 10.4. The third-order valence-electron chi connectivity index (χ3n) is 3.08. The molecule has 1 aromatic rings. The molecule has 1 aromatic heterocycles. The number of allylic oxidation sites excluding steroid dienone is 5. The number of thiophene rings is 1. The van der Waals surface area contributed by atoms with Crippen LogP contribution in [0.25, 0.3) is 0 Å². The standard InChI is InChI=1S/C14H9ClNO3S/c1-6-2-8-10(16-6)4-9(14(19)12(8)15)13(18)7-3-11(17)20-5-7/h3,5,17,19H,4H2,1H3. The number of aliphatic hydroxyl groups excluding tert-OH is 1. The van der Waals surface area contributed by atoms with Crippen LogP contribution < -0.4 is 0 Å². The van der Waals surface area contributed by atoms with E-state index in [4.69, 9.17) is 11.6 Å². The number of hydrogen-bond donors (Lipinski definition) is 2. The fourth-order valence-electron chi connectivity index (χ4n) is 2.16. The molecule has 0 bridgehead atoms. The first-order chi connectivity index (χ1) is 9.47. The molecule has 0 spiro atoms. The summed E-state index contributed by atoms with van der Waals surface area (Å²) in [4.78, 5) is 16.6. The van der Waals surface area contributed by atoms with Crippen molar-refractivity contribution < 1.29 is 15.0 Å². The Labute approximate surface area is 124 Å². The molecule has 1 radical (unpaired) electrons. The topological polar surface area (TPSA) is 69.9 Å². The molecule has 1 aliphatic heterocycles. The lowest BCUT2D eigenvalue weighted by molar-refractivity contribution is 0.102. The zero-order chi connectivity index (χ0) is 14.4. The van der Waals surface area contributed by atoms with Crippen LogP contribution in [-0.4, -0.2) is 21.7 Å². The zero-order valence-corrected chi connectivity index (χ0v) is 12.0. The fourth-order valence-corrected chi connectivity index (χ4v) is 3.05. The van der Waals surface area contributed by atoms with Crippen molar-refractivity contribution in [2.75, 3.05) is 0 Å². The van der Waals surface area contributed by atoms with Gasteiger partial charge in [0.25, 0.3) is 0 Å². The second-order valence-electron chi connectivity index (χ2n) is 4.46. The summed E-state index contributed by atoms with van der Waals surface area (Å²) in [6, 6.07) is 1.37. The van der Waals surface area contributed by atoms with Crippen molar-refractivity contribution >= 4 is 34.4 Å². The molecule has 0 saturated heterocycles. The first-order valence-corrected chi connectivity index (χ1v) is 7.06. The first-order valence-electron chi connectivity index (χ1n) is 5.80. The van der Waals surface area contributed by atoms with Gasteiger partial charge < -0.3 is 10.2 Å². The van der Waals surface area contributed by atoms with Crippen LogP contribution in [0.2, 0.25) is 0 Å². The van der Waals surface area contributed by atoms with Crippen molar-refractivity contribution in [2.45, 2.75) is 13.3 Å². The highest BCUT2D eigenvalue weighted by atomic mass is 35.5. The van der Waals surface area contributed by atoms with Gasteiger partial charge in [0, 0.05) is 46.3 Å². The monoisotopic (exact) mass is 306 g/mol. The van der Waals surface area contributed by atoms with Gasteiger partial charge in [0.05, 0.1) is 10.7 Å². The van der Waals surface area contributed by atoms with Crippen molar-refractivity contribution in [1.82, 2.24) is 0 Å². The number of carbonyl (C=O) groups is 1. The second-order valence-corrected chi connectivity index (χ2v) is 5.73. The van der Waals surface area contributed by atoms with Crippen molar-refractivity contribution in [3.63, 3.8) is 0 Å². The summed E-state index contributed by atoms with van der Waals surface area (Å²) in [5, 5.41) is 21.1. The average Bonchev–Trinajstić information content (AvgIpc) is 2.99. The minimum Gasteiger partial charge on any atom is -0.506 e. The van der Waals surface area contributed by atoms with Crippen molar-refractivity contribution in [1.29, 1.82) is 0 Å². The Hall–Kier alpha value is -1.85. The molecule has 0 fully saturated rings. The van der Waals surface area contributed by atoms with Gasteiger partial charge in [0.2, 0.25) is 0 Å². The van der Waals surface area contributed by atoms with Gasteiger partial charge in [-0.25, -0.2) is 0 Å². The number of fused-ring (bicyclic) bond motifs is 1.